The van der Waals surface area contributed by atoms with Gasteiger partial charge in [0.2, 0.25) is 10.0 Å². The molecule has 0 saturated heterocycles. The van der Waals surface area contributed by atoms with Gasteiger partial charge in [0, 0.05) is 43.8 Å². The molecule has 0 amide bonds. The SMILES string of the molecule is CN(C)S(=O)(=O)CCNCc1[nH]c2ccccc2c1Cl. The van der Waals surface area contributed by atoms with Gasteiger partial charge in [-0.2, -0.15) is 0 Å². The van der Waals surface area contributed by atoms with Crippen molar-refractivity contribution in [1.82, 2.24) is 14.6 Å². The predicted molar refractivity (Wildman–Crippen MR) is 82.5 cm³/mol. The number of para-hydroxylation sites is 1. The minimum Gasteiger partial charge on any atom is -0.356 e. The van der Waals surface area contributed by atoms with Crippen LogP contribution in [0.4, 0.5) is 0 Å². The molecule has 0 spiro atoms. The Morgan fingerprint density at radius 2 is 2.00 bits per heavy atom. The lowest BCUT2D eigenvalue weighted by Crippen LogP contribution is -2.31. The average Bonchev–Trinajstić information content (AvgIpc) is 2.72. The maximum absolute atomic E-state index is 11.6. The molecule has 0 saturated carbocycles. The van der Waals surface area contributed by atoms with Gasteiger partial charge in [0.1, 0.15) is 0 Å². The van der Waals surface area contributed by atoms with Crippen LogP contribution in [0.15, 0.2) is 24.3 Å². The Labute approximate surface area is 124 Å². The molecule has 2 aromatic rings. The maximum Gasteiger partial charge on any atom is 0.214 e. The topological polar surface area (TPSA) is 65.2 Å². The summed E-state index contributed by atoms with van der Waals surface area (Å²) in [6.45, 7) is 0.892. The molecule has 7 heteroatoms. The van der Waals surface area contributed by atoms with Crippen molar-refractivity contribution < 1.29 is 8.42 Å². The highest BCUT2D eigenvalue weighted by molar-refractivity contribution is 7.89. The molecule has 1 aromatic carbocycles. The molecule has 5 nitrogen and oxygen atoms in total. The van der Waals surface area contributed by atoms with E-state index < -0.39 is 10.0 Å². The van der Waals surface area contributed by atoms with E-state index in [2.05, 4.69) is 10.3 Å². The van der Waals surface area contributed by atoms with E-state index >= 15 is 0 Å². The second-order valence-corrected chi connectivity index (χ2v) is 7.42. The van der Waals surface area contributed by atoms with E-state index in [4.69, 9.17) is 11.6 Å². The van der Waals surface area contributed by atoms with Crippen molar-refractivity contribution >= 4 is 32.5 Å². The van der Waals surface area contributed by atoms with Crippen LogP contribution in [0.5, 0.6) is 0 Å². The molecule has 2 N–H and O–H groups in total. The molecule has 1 aromatic heterocycles. The Morgan fingerprint density at radius 1 is 1.30 bits per heavy atom. The summed E-state index contributed by atoms with van der Waals surface area (Å²) in [6, 6.07) is 7.79. The molecule has 1 heterocycles. The summed E-state index contributed by atoms with van der Waals surface area (Å²) in [6.07, 6.45) is 0. The van der Waals surface area contributed by atoms with Crippen molar-refractivity contribution in [1.29, 1.82) is 0 Å². The first-order valence-corrected chi connectivity index (χ1v) is 8.26. The summed E-state index contributed by atoms with van der Waals surface area (Å²) in [5.41, 5.74) is 1.85. The highest BCUT2D eigenvalue weighted by Crippen LogP contribution is 2.26. The minimum absolute atomic E-state index is 0.0673. The summed E-state index contributed by atoms with van der Waals surface area (Å²) >= 11 is 6.28. The molecule has 0 unspecified atom stereocenters. The van der Waals surface area contributed by atoms with Gasteiger partial charge < -0.3 is 10.3 Å². The second kappa shape index (κ2) is 6.13. The van der Waals surface area contributed by atoms with Gasteiger partial charge in [-0.05, 0) is 6.07 Å². The van der Waals surface area contributed by atoms with Crippen molar-refractivity contribution in [3.8, 4) is 0 Å². The van der Waals surface area contributed by atoms with E-state index in [0.717, 1.165) is 16.6 Å². The van der Waals surface area contributed by atoms with Crippen LogP contribution in [-0.2, 0) is 16.6 Å². The van der Waals surface area contributed by atoms with Crippen molar-refractivity contribution in [3.05, 3.63) is 35.0 Å². The number of rotatable bonds is 6. The van der Waals surface area contributed by atoms with Gasteiger partial charge in [-0.15, -0.1) is 0 Å². The van der Waals surface area contributed by atoms with Gasteiger partial charge in [-0.1, -0.05) is 29.8 Å². The number of nitrogens with zero attached hydrogens (tertiary/aromatic N) is 1. The Kier molecular flexibility index (Phi) is 4.70. The molecule has 110 valence electrons. The smallest absolute Gasteiger partial charge is 0.214 e. The highest BCUT2D eigenvalue weighted by Gasteiger charge is 2.13. The van der Waals surface area contributed by atoms with E-state index in [1.807, 2.05) is 24.3 Å². The van der Waals surface area contributed by atoms with E-state index in [9.17, 15) is 8.42 Å². The van der Waals surface area contributed by atoms with Gasteiger partial charge in [-0.25, -0.2) is 12.7 Å². The molecule has 0 aliphatic heterocycles. The Hall–Kier alpha value is -1.08. The molecular weight excluding hydrogens is 298 g/mol. The first-order valence-electron chi connectivity index (χ1n) is 6.28. The predicted octanol–water partition coefficient (Wildman–Crippen LogP) is 1.80. The Bertz CT molecular complexity index is 695. The number of aromatic nitrogens is 1. The van der Waals surface area contributed by atoms with Crippen molar-refractivity contribution in [2.75, 3.05) is 26.4 Å². The van der Waals surface area contributed by atoms with Crippen LogP contribution in [0, 0.1) is 0 Å². The number of hydrogen-bond acceptors (Lipinski definition) is 3. The van der Waals surface area contributed by atoms with Gasteiger partial charge in [-0.3, -0.25) is 0 Å². The van der Waals surface area contributed by atoms with Gasteiger partial charge in [0.05, 0.1) is 10.8 Å². The summed E-state index contributed by atoms with van der Waals surface area (Å²) in [4.78, 5) is 3.23. The Morgan fingerprint density at radius 3 is 2.65 bits per heavy atom. The van der Waals surface area contributed by atoms with E-state index in [0.29, 0.717) is 18.1 Å². The quantitative estimate of drug-likeness (QED) is 0.799. The average molecular weight is 316 g/mol. The van der Waals surface area contributed by atoms with E-state index in [1.54, 1.807) is 0 Å². The molecule has 0 atom stereocenters. The molecule has 0 aliphatic carbocycles. The van der Waals surface area contributed by atoms with Crippen LogP contribution < -0.4 is 5.32 Å². The zero-order chi connectivity index (χ0) is 14.8. The molecule has 20 heavy (non-hydrogen) atoms. The molecular formula is C13H18ClN3O2S. The third-order valence-corrected chi connectivity index (χ3v) is 5.37. The van der Waals surface area contributed by atoms with E-state index in [-0.39, 0.29) is 5.75 Å². The third kappa shape index (κ3) is 3.32. The van der Waals surface area contributed by atoms with Crippen LogP contribution in [-0.4, -0.2) is 44.1 Å². The zero-order valence-corrected chi connectivity index (χ0v) is 13.1. The van der Waals surface area contributed by atoms with Crippen LogP contribution in [0.1, 0.15) is 5.69 Å². The number of halogens is 1. The molecule has 0 radical (unpaired) electrons. The Balaban J connectivity index is 1.95. The fourth-order valence-electron chi connectivity index (χ4n) is 1.88. The first-order chi connectivity index (χ1) is 9.42. The lowest BCUT2D eigenvalue weighted by atomic mass is 10.2. The number of H-pyrrole nitrogens is 1. The minimum atomic E-state index is -3.16. The molecule has 0 aliphatic rings. The molecule has 0 bridgehead atoms. The fraction of sp³-hybridized carbons (Fsp3) is 0.385. The normalized spacial score (nSPS) is 12.4. The first kappa shape index (κ1) is 15.3. The summed E-state index contributed by atoms with van der Waals surface area (Å²) < 4.78 is 24.4. The van der Waals surface area contributed by atoms with E-state index in [1.165, 1.54) is 18.4 Å². The van der Waals surface area contributed by atoms with Crippen molar-refractivity contribution in [2.45, 2.75) is 6.54 Å². The summed E-state index contributed by atoms with van der Waals surface area (Å²) in [5, 5.41) is 4.76. The van der Waals surface area contributed by atoms with Gasteiger partial charge >= 0.3 is 0 Å². The zero-order valence-electron chi connectivity index (χ0n) is 11.5. The summed E-state index contributed by atoms with van der Waals surface area (Å²) in [7, 11) is -0.0964. The van der Waals surface area contributed by atoms with Crippen molar-refractivity contribution in [3.63, 3.8) is 0 Å². The maximum atomic E-state index is 11.6. The van der Waals surface area contributed by atoms with Crippen LogP contribution in [0.25, 0.3) is 10.9 Å². The standard InChI is InChI=1S/C13H18ClN3O2S/c1-17(2)20(18,19)8-7-15-9-12-13(14)10-5-3-4-6-11(10)16-12/h3-6,15-16H,7-9H2,1-2H3. The van der Waals surface area contributed by atoms with Gasteiger partial charge in [0.25, 0.3) is 0 Å². The van der Waals surface area contributed by atoms with Gasteiger partial charge in [0.15, 0.2) is 0 Å². The van der Waals surface area contributed by atoms with Crippen molar-refractivity contribution in [2.24, 2.45) is 0 Å². The number of nitrogens with one attached hydrogen (secondary N) is 2. The van der Waals surface area contributed by atoms with Crippen LogP contribution >= 0.6 is 11.6 Å². The van der Waals surface area contributed by atoms with Crippen LogP contribution in [0.3, 0.4) is 0 Å². The lowest BCUT2D eigenvalue weighted by Gasteiger charge is -2.11. The lowest BCUT2D eigenvalue weighted by molar-refractivity contribution is 0.517. The number of benzene rings is 1. The van der Waals surface area contributed by atoms with Crippen LogP contribution in [0.2, 0.25) is 5.02 Å². The monoisotopic (exact) mass is 315 g/mol. The molecule has 0 fully saturated rings. The number of aromatic amines is 1. The fourth-order valence-corrected chi connectivity index (χ4v) is 2.93. The number of hydrogen-bond donors (Lipinski definition) is 2. The largest absolute Gasteiger partial charge is 0.356 e. The summed E-state index contributed by atoms with van der Waals surface area (Å²) in [5.74, 6) is 0.0673. The second-order valence-electron chi connectivity index (χ2n) is 4.74. The number of sulfonamides is 1. The number of fused-ring (bicyclic) bond motifs is 1. The third-order valence-electron chi connectivity index (χ3n) is 3.11. The molecule has 2 rings (SSSR count). The highest BCUT2D eigenvalue weighted by atomic mass is 35.5.